The molecule has 0 fully saturated rings. The van der Waals surface area contributed by atoms with E-state index in [1.807, 2.05) is 13.1 Å². The Hall–Kier alpha value is -0.900. The van der Waals surface area contributed by atoms with Crippen LogP contribution in [0.15, 0.2) is 11.2 Å². The molecule has 0 saturated heterocycles. The number of rotatable bonds is 8. The number of aryl methyl sites for hydroxylation is 1. The van der Waals surface area contributed by atoms with Crippen LogP contribution in [0.2, 0.25) is 0 Å². The van der Waals surface area contributed by atoms with Gasteiger partial charge in [-0.05, 0) is 19.8 Å². The lowest BCUT2D eigenvalue weighted by Gasteiger charge is -2.10. The van der Waals surface area contributed by atoms with Gasteiger partial charge in [0.25, 0.3) is 0 Å². The molecule has 126 valence electrons. The van der Waals surface area contributed by atoms with Crippen molar-refractivity contribution in [3.63, 3.8) is 0 Å². The van der Waals surface area contributed by atoms with Gasteiger partial charge < -0.3 is 15.4 Å². The zero-order chi connectivity index (χ0) is 15.5. The molecule has 8 heteroatoms. The van der Waals surface area contributed by atoms with Gasteiger partial charge in [-0.15, -0.1) is 35.3 Å². The van der Waals surface area contributed by atoms with Crippen LogP contribution in [-0.2, 0) is 16.1 Å². The third-order valence-corrected chi connectivity index (χ3v) is 3.79. The number of hydrogen-bond donors (Lipinski definition) is 2. The maximum atomic E-state index is 10.9. The van der Waals surface area contributed by atoms with Gasteiger partial charge in [0, 0.05) is 31.1 Å². The molecule has 0 amide bonds. The predicted molar refractivity (Wildman–Crippen MR) is 101 cm³/mol. The lowest BCUT2D eigenvalue weighted by Crippen LogP contribution is -2.37. The van der Waals surface area contributed by atoms with Crippen molar-refractivity contribution in [3.05, 3.63) is 16.1 Å². The van der Waals surface area contributed by atoms with E-state index in [9.17, 15) is 4.79 Å². The van der Waals surface area contributed by atoms with Crippen LogP contribution in [0.5, 0.6) is 0 Å². The zero-order valence-electron chi connectivity index (χ0n) is 13.3. The molecule has 6 nitrogen and oxygen atoms in total. The number of carbonyl (C=O) groups is 1. The molecule has 0 aromatic carbocycles. The molecule has 0 spiro atoms. The van der Waals surface area contributed by atoms with Crippen LogP contribution in [0, 0.1) is 6.92 Å². The number of guanidine groups is 1. The van der Waals surface area contributed by atoms with E-state index in [-0.39, 0.29) is 29.9 Å². The number of hydrogen-bond acceptors (Lipinski definition) is 5. The van der Waals surface area contributed by atoms with E-state index in [0.29, 0.717) is 13.0 Å². The summed E-state index contributed by atoms with van der Waals surface area (Å²) in [7, 11) is 3.17. The minimum atomic E-state index is -0.140. The first kappa shape index (κ1) is 21.1. The van der Waals surface area contributed by atoms with Crippen molar-refractivity contribution < 1.29 is 9.53 Å². The van der Waals surface area contributed by atoms with E-state index in [1.165, 1.54) is 12.0 Å². The summed E-state index contributed by atoms with van der Waals surface area (Å²) in [4.78, 5) is 20.6. The fourth-order valence-corrected chi connectivity index (χ4v) is 2.47. The minimum Gasteiger partial charge on any atom is -0.469 e. The van der Waals surface area contributed by atoms with E-state index in [4.69, 9.17) is 0 Å². The summed E-state index contributed by atoms with van der Waals surface area (Å²) in [5.41, 5.74) is 0. The van der Waals surface area contributed by atoms with E-state index in [2.05, 4.69) is 25.3 Å². The molecule has 0 saturated carbocycles. The van der Waals surface area contributed by atoms with E-state index in [1.54, 1.807) is 18.4 Å². The normalized spacial score (nSPS) is 10.8. The fourth-order valence-electron chi connectivity index (χ4n) is 1.74. The lowest BCUT2D eigenvalue weighted by atomic mass is 10.2. The van der Waals surface area contributed by atoms with Crippen LogP contribution in [0.25, 0.3) is 0 Å². The van der Waals surface area contributed by atoms with Crippen LogP contribution < -0.4 is 10.6 Å². The quantitative estimate of drug-likeness (QED) is 0.214. The molecule has 0 radical (unpaired) electrons. The molecule has 0 unspecified atom stereocenters. The van der Waals surface area contributed by atoms with Gasteiger partial charge in [-0.1, -0.05) is 6.42 Å². The average Bonchev–Trinajstić information content (AvgIpc) is 2.91. The second-order valence-corrected chi connectivity index (χ2v) is 5.92. The van der Waals surface area contributed by atoms with Crippen LogP contribution >= 0.6 is 35.3 Å². The number of unbranched alkanes of at least 4 members (excludes halogenated alkanes) is 2. The molecule has 0 bridgehead atoms. The Bertz CT molecular complexity index is 465. The molecular formula is C14H25IN4O2S. The number of aliphatic imine (C=N–C) groups is 1. The lowest BCUT2D eigenvalue weighted by molar-refractivity contribution is -0.140. The summed E-state index contributed by atoms with van der Waals surface area (Å²) in [5, 5.41) is 7.53. The molecule has 0 atom stereocenters. The second kappa shape index (κ2) is 12.6. The predicted octanol–water partition coefficient (Wildman–Crippen LogP) is 2.47. The number of nitrogens with zero attached hydrogens (tertiary/aromatic N) is 2. The van der Waals surface area contributed by atoms with Gasteiger partial charge in [-0.25, -0.2) is 4.98 Å². The van der Waals surface area contributed by atoms with Gasteiger partial charge in [0.1, 0.15) is 5.01 Å². The van der Waals surface area contributed by atoms with Crippen LogP contribution in [0.1, 0.15) is 35.6 Å². The fraction of sp³-hybridized carbons (Fsp3) is 0.643. The van der Waals surface area contributed by atoms with Crippen LogP contribution in [-0.4, -0.2) is 37.6 Å². The summed E-state index contributed by atoms with van der Waals surface area (Å²) < 4.78 is 4.60. The molecule has 0 aliphatic heterocycles. The molecule has 0 aliphatic carbocycles. The third kappa shape index (κ3) is 9.19. The molecular weight excluding hydrogens is 415 g/mol. The largest absolute Gasteiger partial charge is 0.469 e. The number of aromatic nitrogens is 1. The Morgan fingerprint density at radius 1 is 1.36 bits per heavy atom. The van der Waals surface area contributed by atoms with E-state index in [0.717, 1.165) is 36.8 Å². The molecule has 1 rings (SSSR count). The Morgan fingerprint density at radius 3 is 2.73 bits per heavy atom. The number of halogens is 1. The average molecular weight is 440 g/mol. The summed E-state index contributed by atoms with van der Waals surface area (Å²) in [6.45, 7) is 3.56. The minimum absolute atomic E-state index is 0. The summed E-state index contributed by atoms with van der Waals surface area (Å²) in [5.74, 6) is 0.634. The molecule has 1 aromatic heterocycles. The first-order valence-electron chi connectivity index (χ1n) is 7.08. The van der Waals surface area contributed by atoms with Gasteiger partial charge in [0.05, 0.1) is 13.7 Å². The Morgan fingerprint density at radius 2 is 2.14 bits per heavy atom. The van der Waals surface area contributed by atoms with Crippen molar-refractivity contribution >= 4 is 47.2 Å². The van der Waals surface area contributed by atoms with Gasteiger partial charge >= 0.3 is 5.97 Å². The van der Waals surface area contributed by atoms with E-state index >= 15 is 0 Å². The van der Waals surface area contributed by atoms with Gasteiger partial charge in [0.15, 0.2) is 5.96 Å². The third-order valence-electron chi connectivity index (χ3n) is 2.88. The number of esters is 1. The topological polar surface area (TPSA) is 75.6 Å². The first-order valence-corrected chi connectivity index (χ1v) is 7.90. The standard InChI is InChI=1S/C14H24N4O2S.HI/c1-11-9-17-12(21-11)10-18-14(15-2)16-8-6-4-5-7-13(19)20-3;/h9H,4-8,10H2,1-3H3,(H2,15,16,18);1H. The summed E-state index contributed by atoms with van der Waals surface area (Å²) >= 11 is 1.68. The van der Waals surface area contributed by atoms with Crippen molar-refractivity contribution in [1.82, 2.24) is 15.6 Å². The Balaban J connectivity index is 0.00000441. The van der Waals surface area contributed by atoms with Crippen LogP contribution in [0.4, 0.5) is 0 Å². The maximum Gasteiger partial charge on any atom is 0.305 e. The highest BCUT2D eigenvalue weighted by molar-refractivity contribution is 14.0. The summed E-state index contributed by atoms with van der Waals surface area (Å²) in [6, 6.07) is 0. The number of nitrogens with one attached hydrogen (secondary N) is 2. The maximum absolute atomic E-state index is 10.9. The molecule has 0 aliphatic rings. The number of ether oxygens (including phenoxy) is 1. The van der Waals surface area contributed by atoms with Gasteiger partial charge in [-0.2, -0.15) is 0 Å². The number of carbonyl (C=O) groups excluding carboxylic acids is 1. The van der Waals surface area contributed by atoms with Crippen molar-refractivity contribution in [3.8, 4) is 0 Å². The van der Waals surface area contributed by atoms with E-state index < -0.39 is 0 Å². The van der Waals surface area contributed by atoms with Crippen molar-refractivity contribution in [2.75, 3.05) is 20.7 Å². The van der Waals surface area contributed by atoms with Crippen molar-refractivity contribution in [1.29, 1.82) is 0 Å². The highest BCUT2D eigenvalue weighted by Gasteiger charge is 2.02. The van der Waals surface area contributed by atoms with Crippen molar-refractivity contribution in [2.45, 2.75) is 39.2 Å². The van der Waals surface area contributed by atoms with Crippen LogP contribution in [0.3, 0.4) is 0 Å². The molecule has 2 N–H and O–H groups in total. The number of methoxy groups -OCH3 is 1. The zero-order valence-corrected chi connectivity index (χ0v) is 16.5. The Labute approximate surface area is 153 Å². The highest BCUT2D eigenvalue weighted by atomic mass is 127. The smallest absolute Gasteiger partial charge is 0.305 e. The second-order valence-electron chi connectivity index (χ2n) is 4.60. The molecule has 22 heavy (non-hydrogen) atoms. The monoisotopic (exact) mass is 440 g/mol. The highest BCUT2D eigenvalue weighted by Crippen LogP contribution is 2.10. The number of thiazole rings is 1. The van der Waals surface area contributed by atoms with Gasteiger partial charge in [-0.3, -0.25) is 9.79 Å². The van der Waals surface area contributed by atoms with Crippen molar-refractivity contribution in [2.24, 2.45) is 4.99 Å². The molecule has 1 heterocycles. The SMILES string of the molecule is CN=C(NCCCCCC(=O)OC)NCc1ncc(C)s1.I. The Kier molecular flexibility index (Phi) is 12.1. The first-order chi connectivity index (χ1) is 10.2. The molecule has 1 aromatic rings. The summed E-state index contributed by atoms with van der Waals surface area (Å²) in [6.07, 6.45) is 5.21. The van der Waals surface area contributed by atoms with Gasteiger partial charge in [0.2, 0.25) is 0 Å².